The predicted molar refractivity (Wildman–Crippen MR) is 76.9 cm³/mol. The van der Waals surface area contributed by atoms with Gasteiger partial charge in [-0.2, -0.15) is 5.10 Å². The molecule has 0 radical (unpaired) electrons. The van der Waals surface area contributed by atoms with Crippen molar-refractivity contribution in [3.63, 3.8) is 0 Å². The van der Waals surface area contributed by atoms with Crippen molar-refractivity contribution in [2.75, 3.05) is 25.9 Å². The van der Waals surface area contributed by atoms with E-state index in [0.29, 0.717) is 12.1 Å². The van der Waals surface area contributed by atoms with Gasteiger partial charge in [0, 0.05) is 18.7 Å². The van der Waals surface area contributed by atoms with Gasteiger partial charge in [-0.25, -0.2) is 0 Å². The molecule has 0 saturated carbocycles. The normalized spacial score (nSPS) is 36.3. The zero-order valence-electron chi connectivity index (χ0n) is 11.3. The van der Waals surface area contributed by atoms with Crippen LogP contribution in [-0.2, 0) is 0 Å². The Labute approximate surface area is 113 Å². The van der Waals surface area contributed by atoms with Crippen molar-refractivity contribution in [1.82, 2.24) is 9.91 Å². The standard InChI is InChI=1S/C15H20N4/c1-18-14(11-2-4-12(16)5-3-11)15-13(17-18)10-6-8-19(15)9-7-10/h2-5,10,14-15H,6-9,16H2,1H3. The summed E-state index contributed by atoms with van der Waals surface area (Å²) in [5, 5.41) is 7.01. The topological polar surface area (TPSA) is 44.9 Å². The quantitative estimate of drug-likeness (QED) is 0.778. The van der Waals surface area contributed by atoms with Crippen LogP contribution in [0.1, 0.15) is 24.4 Å². The number of benzene rings is 1. The summed E-state index contributed by atoms with van der Waals surface area (Å²) >= 11 is 0. The SMILES string of the molecule is CN1N=C2C3CCN(CC3)C2C1c1ccc(N)cc1. The number of hydrazone groups is 1. The maximum Gasteiger partial charge on any atom is 0.0926 e. The highest BCUT2D eigenvalue weighted by atomic mass is 15.5. The minimum absolute atomic E-state index is 0.360. The van der Waals surface area contributed by atoms with Crippen LogP contribution in [0.5, 0.6) is 0 Å². The van der Waals surface area contributed by atoms with Crippen molar-refractivity contribution in [2.45, 2.75) is 24.9 Å². The van der Waals surface area contributed by atoms with Crippen LogP contribution in [0, 0.1) is 5.92 Å². The second-order valence-corrected chi connectivity index (χ2v) is 5.97. The molecule has 100 valence electrons. The highest BCUT2D eigenvalue weighted by Gasteiger charge is 2.48. The lowest BCUT2D eigenvalue weighted by Crippen LogP contribution is -2.56. The first-order valence-corrected chi connectivity index (χ1v) is 7.15. The molecule has 4 nitrogen and oxygen atoms in total. The average molecular weight is 256 g/mol. The van der Waals surface area contributed by atoms with E-state index in [1.807, 2.05) is 12.1 Å². The van der Waals surface area contributed by atoms with Crippen LogP contribution in [0.3, 0.4) is 0 Å². The maximum absolute atomic E-state index is 5.80. The molecule has 4 aliphatic rings. The third-order valence-electron chi connectivity index (χ3n) is 4.90. The molecule has 0 aliphatic carbocycles. The minimum atomic E-state index is 0.360. The van der Waals surface area contributed by atoms with E-state index in [2.05, 4.69) is 29.1 Å². The molecule has 2 N–H and O–H groups in total. The van der Waals surface area contributed by atoms with E-state index in [-0.39, 0.29) is 0 Å². The van der Waals surface area contributed by atoms with Gasteiger partial charge in [-0.15, -0.1) is 0 Å². The molecule has 4 aliphatic heterocycles. The molecule has 0 amide bonds. The Morgan fingerprint density at radius 3 is 2.47 bits per heavy atom. The summed E-state index contributed by atoms with van der Waals surface area (Å²) in [6, 6.07) is 9.14. The van der Waals surface area contributed by atoms with E-state index in [0.717, 1.165) is 11.6 Å². The zero-order valence-corrected chi connectivity index (χ0v) is 11.3. The highest BCUT2D eigenvalue weighted by Crippen LogP contribution is 2.42. The molecule has 19 heavy (non-hydrogen) atoms. The fourth-order valence-corrected chi connectivity index (χ4v) is 3.94. The number of rotatable bonds is 1. The van der Waals surface area contributed by atoms with E-state index in [9.17, 15) is 0 Å². The van der Waals surface area contributed by atoms with Gasteiger partial charge in [0.1, 0.15) is 0 Å². The van der Waals surface area contributed by atoms with E-state index in [1.54, 1.807) is 0 Å². The third-order valence-corrected chi connectivity index (χ3v) is 4.90. The number of nitrogens with two attached hydrogens (primary N) is 1. The van der Waals surface area contributed by atoms with Crippen LogP contribution < -0.4 is 5.73 Å². The van der Waals surface area contributed by atoms with Crippen LogP contribution in [0.4, 0.5) is 5.69 Å². The summed E-state index contributed by atoms with van der Waals surface area (Å²) in [4.78, 5) is 2.61. The monoisotopic (exact) mass is 256 g/mol. The lowest BCUT2D eigenvalue weighted by atomic mass is 9.78. The number of nitrogens with zero attached hydrogens (tertiary/aromatic N) is 3. The van der Waals surface area contributed by atoms with Crippen molar-refractivity contribution >= 4 is 11.4 Å². The van der Waals surface area contributed by atoms with E-state index >= 15 is 0 Å². The van der Waals surface area contributed by atoms with Crippen LogP contribution in [-0.4, -0.2) is 41.8 Å². The molecule has 3 fully saturated rings. The fraction of sp³-hybridized carbons (Fsp3) is 0.533. The molecule has 5 rings (SSSR count). The summed E-state index contributed by atoms with van der Waals surface area (Å²) in [5.74, 6) is 0.719. The smallest absolute Gasteiger partial charge is 0.0926 e. The first-order valence-electron chi connectivity index (χ1n) is 7.15. The van der Waals surface area contributed by atoms with Gasteiger partial charge in [0.05, 0.1) is 17.8 Å². The lowest BCUT2D eigenvalue weighted by Gasteiger charge is -2.46. The number of hydrogen-bond donors (Lipinski definition) is 1. The number of hydrogen-bond acceptors (Lipinski definition) is 4. The van der Waals surface area contributed by atoms with Gasteiger partial charge in [-0.3, -0.25) is 9.91 Å². The van der Waals surface area contributed by atoms with Gasteiger partial charge in [0.2, 0.25) is 0 Å². The third kappa shape index (κ3) is 1.59. The van der Waals surface area contributed by atoms with Crippen molar-refractivity contribution < 1.29 is 0 Å². The van der Waals surface area contributed by atoms with Crippen molar-refractivity contribution in [3.05, 3.63) is 29.8 Å². The second kappa shape index (κ2) is 3.97. The van der Waals surface area contributed by atoms with Gasteiger partial charge in [-0.05, 0) is 43.6 Å². The molecule has 0 spiro atoms. The maximum atomic E-state index is 5.80. The van der Waals surface area contributed by atoms with Crippen LogP contribution >= 0.6 is 0 Å². The first-order chi connectivity index (χ1) is 9.24. The molecular weight excluding hydrogens is 236 g/mol. The summed E-state index contributed by atoms with van der Waals surface area (Å²) in [7, 11) is 2.10. The summed E-state index contributed by atoms with van der Waals surface area (Å²) in [6.45, 7) is 2.46. The molecule has 2 bridgehead atoms. The minimum Gasteiger partial charge on any atom is -0.399 e. The van der Waals surface area contributed by atoms with Gasteiger partial charge < -0.3 is 5.73 Å². The number of piperidine rings is 3. The van der Waals surface area contributed by atoms with E-state index < -0.39 is 0 Å². The summed E-state index contributed by atoms with van der Waals surface area (Å²) in [6.07, 6.45) is 2.58. The zero-order chi connectivity index (χ0) is 13.0. The second-order valence-electron chi connectivity index (χ2n) is 5.97. The molecule has 0 aromatic heterocycles. The summed E-state index contributed by atoms with van der Waals surface area (Å²) < 4.78 is 0. The van der Waals surface area contributed by atoms with Crippen molar-refractivity contribution in [3.8, 4) is 0 Å². The molecule has 4 heteroatoms. The average Bonchev–Trinajstić information content (AvgIpc) is 2.80. The molecule has 4 heterocycles. The number of likely N-dealkylation sites (N-methyl/N-ethyl adjacent to an activating group) is 1. The Bertz CT molecular complexity index is 513. The van der Waals surface area contributed by atoms with Crippen LogP contribution in [0.25, 0.3) is 0 Å². The molecule has 1 aromatic rings. The largest absolute Gasteiger partial charge is 0.399 e. The number of fused-ring (bicyclic) bond motifs is 2. The molecule has 2 unspecified atom stereocenters. The Hall–Kier alpha value is -1.55. The van der Waals surface area contributed by atoms with Gasteiger partial charge in [0.15, 0.2) is 0 Å². The molecule has 3 saturated heterocycles. The van der Waals surface area contributed by atoms with E-state index in [4.69, 9.17) is 10.8 Å². The van der Waals surface area contributed by atoms with Crippen molar-refractivity contribution in [1.29, 1.82) is 0 Å². The lowest BCUT2D eigenvalue weighted by molar-refractivity contribution is 0.107. The number of nitrogen functional groups attached to an aromatic ring is 1. The number of anilines is 1. The van der Waals surface area contributed by atoms with E-state index in [1.165, 1.54) is 37.2 Å². The van der Waals surface area contributed by atoms with Crippen molar-refractivity contribution in [2.24, 2.45) is 11.0 Å². The fourth-order valence-electron chi connectivity index (χ4n) is 3.94. The van der Waals surface area contributed by atoms with Gasteiger partial charge >= 0.3 is 0 Å². The van der Waals surface area contributed by atoms with Crippen LogP contribution in [0.2, 0.25) is 0 Å². The molecule has 2 atom stereocenters. The predicted octanol–water partition coefficient (Wildman–Crippen LogP) is 1.71. The Morgan fingerprint density at radius 2 is 1.79 bits per heavy atom. The molecular formula is C15H20N4. The Morgan fingerprint density at radius 1 is 1.11 bits per heavy atom. The Balaban J connectivity index is 1.72. The van der Waals surface area contributed by atoms with Crippen LogP contribution in [0.15, 0.2) is 29.4 Å². The summed E-state index contributed by atoms with van der Waals surface area (Å²) in [5.41, 5.74) is 9.37. The van der Waals surface area contributed by atoms with Gasteiger partial charge in [0.25, 0.3) is 0 Å². The highest BCUT2D eigenvalue weighted by molar-refractivity contribution is 5.95. The first kappa shape index (κ1) is 11.3. The molecule has 1 aromatic carbocycles. The Kier molecular flexibility index (Phi) is 2.36. The van der Waals surface area contributed by atoms with Gasteiger partial charge in [-0.1, -0.05) is 12.1 Å².